The molecule has 0 aliphatic rings. The van der Waals surface area contributed by atoms with Gasteiger partial charge in [-0.3, -0.25) is 9.59 Å². The second-order valence-electron chi connectivity index (χ2n) is 7.34. The number of carbonyl (C=O) groups is 1. The van der Waals surface area contributed by atoms with E-state index in [9.17, 15) is 24.9 Å². The molecule has 5 rings (SSSR count). The highest BCUT2D eigenvalue weighted by molar-refractivity contribution is 6.10. The predicted octanol–water partition coefficient (Wildman–Crippen LogP) is 4.91. The molecule has 2 heterocycles. The summed E-state index contributed by atoms with van der Waals surface area (Å²) in [5.41, 5.74) is 1.49. The van der Waals surface area contributed by atoms with Crippen LogP contribution in [0, 0.1) is 0 Å². The summed E-state index contributed by atoms with van der Waals surface area (Å²) in [7, 11) is 0. The molecule has 32 heavy (non-hydrogen) atoms. The van der Waals surface area contributed by atoms with Gasteiger partial charge in [0.25, 0.3) is 0 Å². The first-order chi connectivity index (χ1) is 15.4. The molecule has 0 amide bonds. The van der Waals surface area contributed by atoms with Crippen LogP contribution in [0.2, 0.25) is 0 Å². The molecule has 0 spiro atoms. The topological polar surface area (TPSA) is 121 Å². The van der Waals surface area contributed by atoms with Gasteiger partial charge in [0.05, 0.1) is 17.4 Å². The fourth-order valence-corrected chi connectivity index (χ4v) is 3.90. The minimum atomic E-state index is -1.07. The van der Waals surface area contributed by atoms with E-state index in [1.54, 1.807) is 36.4 Å². The molecular weight excluding hydrogens is 412 g/mol. The SMILES string of the molecule is O=C(O)Cc1c(-c2ccccc2)oc2cc(O)c3c(=O)c(-c4ccc(O)cc4)coc3c12. The summed E-state index contributed by atoms with van der Waals surface area (Å²) in [6, 6.07) is 16.3. The van der Waals surface area contributed by atoms with E-state index in [1.807, 2.05) is 6.07 Å². The summed E-state index contributed by atoms with van der Waals surface area (Å²) in [6.45, 7) is 0. The Morgan fingerprint density at radius 2 is 1.62 bits per heavy atom. The second-order valence-corrected chi connectivity index (χ2v) is 7.34. The Balaban J connectivity index is 1.85. The van der Waals surface area contributed by atoms with Gasteiger partial charge in [0.15, 0.2) is 5.58 Å². The lowest BCUT2D eigenvalue weighted by Crippen LogP contribution is -2.06. The van der Waals surface area contributed by atoms with Crippen molar-refractivity contribution in [2.45, 2.75) is 6.42 Å². The van der Waals surface area contributed by atoms with Gasteiger partial charge in [-0.2, -0.15) is 0 Å². The van der Waals surface area contributed by atoms with Crippen molar-refractivity contribution in [2.75, 3.05) is 0 Å². The van der Waals surface area contributed by atoms with Gasteiger partial charge in [-0.1, -0.05) is 42.5 Å². The summed E-state index contributed by atoms with van der Waals surface area (Å²) in [4.78, 5) is 24.9. The molecule has 0 bridgehead atoms. The number of furan rings is 1. The average molecular weight is 428 g/mol. The zero-order chi connectivity index (χ0) is 22.4. The quantitative estimate of drug-likeness (QED) is 0.372. The van der Waals surface area contributed by atoms with E-state index in [4.69, 9.17) is 8.83 Å². The lowest BCUT2D eigenvalue weighted by molar-refractivity contribution is -0.136. The normalized spacial score (nSPS) is 11.2. The number of hydrogen-bond donors (Lipinski definition) is 3. The highest BCUT2D eigenvalue weighted by Gasteiger charge is 2.25. The Hall–Kier alpha value is -4.52. The molecule has 0 aliphatic carbocycles. The van der Waals surface area contributed by atoms with Crippen LogP contribution in [0.15, 0.2) is 80.6 Å². The molecule has 2 aromatic heterocycles. The fraction of sp³-hybridized carbons (Fsp3) is 0.0400. The monoisotopic (exact) mass is 428 g/mol. The van der Waals surface area contributed by atoms with Gasteiger partial charge in [-0.05, 0) is 17.7 Å². The Morgan fingerprint density at radius 1 is 0.906 bits per heavy atom. The molecule has 158 valence electrons. The molecule has 0 fully saturated rings. The number of rotatable bonds is 4. The van der Waals surface area contributed by atoms with E-state index in [0.29, 0.717) is 27.8 Å². The van der Waals surface area contributed by atoms with Crippen molar-refractivity contribution < 1.29 is 28.9 Å². The first kappa shape index (κ1) is 19.4. The number of hydrogen-bond acceptors (Lipinski definition) is 6. The maximum Gasteiger partial charge on any atom is 0.307 e. The minimum absolute atomic E-state index is 0.0497. The zero-order valence-corrected chi connectivity index (χ0v) is 16.5. The fourth-order valence-electron chi connectivity index (χ4n) is 3.90. The number of carboxylic acids is 1. The summed E-state index contributed by atoms with van der Waals surface area (Å²) in [6.07, 6.45) is 0.899. The Bertz CT molecular complexity index is 1540. The lowest BCUT2D eigenvalue weighted by atomic mass is 9.99. The second kappa shape index (κ2) is 7.31. The van der Waals surface area contributed by atoms with Crippen molar-refractivity contribution in [3.05, 3.63) is 82.7 Å². The molecule has 0 aliphatic heterocycles. The van der Waals surface area contributed by atoms with Crippen LogP contribution >= 0.6 is 0 Å². The summed E-state index contributed by atoms with van der Waals surface area (Å²) in [5, 5.41) is 29.9. The van der Waals surface area contributed by atoms with Crippen molar-refractivity contribution in [2.24, 2.45) is 0 Å². The van der Waals surface area contributed by atoms with Crippen LogP contribution in [0.3, 0.4) is 0 Å². The van der Waals surface area contributed by atoms with Gasteiger partial charge in [-0.25, -0.2) is 0 Å². The van der Waals surface area contributed by atoms with E-state index in [2.05, 4.69) is 0 Å². The van der Waals surface area contributed by atoms with E-state index < -0.39 is 11.4 Å². The summed E-state index contributed by atoms with van der Waals surface area (Å²) < 4.78 is 11.7. The number of aromatic hydroxyl groups is 2. The largest absolute Gasteiger partial charge is 0.508 e. The maximum absolute atomic E-state index is 13.3. The van der Waals surface area contributed by atoms with Gasteiger partial charge in [0.1, 0.15) is 34.5 Å². The number of fused-ring (bicyclic) bond motifs is 3. The van der Waals surface area contributed by atoms with Gasteiger partial charge in [-0.15, -0.1) is 0 Å². The molecule has 5 aromatic rings. The number of carboxylic acid groups (broad SMARTS) is 1. The van der Waals surface area contributed by atoms with E-state index in [0.717, 1.165) is 0 Å². The molecule has 7 heteroatoms. The van der Waals surface area contributed by atoms with Crippen LogP contribution in [-0.2, 0) is 11.2 Å². The average Bonchev–Trinajstić information content (AvgIpc) is 3.12. The molecule has 0 atom stereocenters. The van der Waals surface area contributed by atoms with Crippen LogP contribution in [0.4, 0.5) is 0 Å². The molecule has 3 N–H and O–H groups in total. The third kappa shape index (κ3) is 3.07. The van der Waals surface area contributed by atoms with Gasteiger partial charge < -0.3 is 24.2 Å². The summed E-state index contributed by atoms with van der Waals surface area (Å²) in [5.74, 6) is -1.03. The van der Waals surface area contributed by atoms with Gasteiger partial charge >= 0.3 is 5.97 Å². The van der Waals surface area contributed by atoms with Crippen molar-refractivity contribution >= 4 is 27.9 Å². The summed E-state index contributed by atoms with van der Waals surface area (Å²) >= 11 is 0. The lowest BCUT2D eigenvalue weighted by Gasteiger charge is -2.06. The maximum atomic E-state index is 13.3. The molecule has 0 radical (unpaired) electrons. The third-order valence-corrected chi connectivity index (χ3v) is 5.32. The molecular formula is C25H16O7. The van der Waals surface area contributed by atoms with Crippen LogP contribution in [0.5, 0.6) is 11.5 Å². The van der Waals surface area contributed by atoms with Crippen LogP contribution in [0.1, 0.15) is 5.56 Å². The van der Waals surface area contributed by atoms with Gasteiger partial charge in [0, 0.05) is 17.2 Å². The van der Waals surface area contributed by atoms with Crippen molar-refractivity contribution in [1.82, 2.24) is 0 Å². The Kier molecular flexibility index (Phi) is 4.44. The third-order valence-electron chi connectivity index (χ3n) is 5.32. The molecule has 0 saturated carbocycles. The smallest absolute Gasteiger partial charge is 0.307 e. The van der Waals surface area contributed by atoms with Gasteiger partial charge in [0.2, 0.25) is 5.43 Å². The molecule has 7 nitrogen and oxygen atoms in total. The molecule has 0 unspecified atom stereocenters. The highest BCUT2D eigenvalue weighted by atomic mass is 16.4. The van der Waals surface area contributed by atoms with Crippen molar-refractivity contribution in [1.29, 1.82) is 0 Å². The number of benzene rings is 3. The van der Waals surface area contributed by atoms with Crippen molar-refractivity contribution in [3.8, 4) is 33.9 Å². The standard InChI is InChI=1S/C25H16O7/c26-15-8-6-13(7-9-15)17-12-31-25-21-16(10-20(28)29)24(14-4-2-1-3-5-14)32-19(21)11-18(27)22(25)23(17)30/h1-9,11-12,26-27H,10H2,(H,28,29). The molecule has 0 saturated heterocycles. The van der Waals surface area contributed by atoms with Crippen LogP contribution in [0.25, 0.3) is 44.4 Å². The Morgan fingerprint density at radius 3 is 2.31 bits per heavy atom. The molecule has 3 aromatic carbocycles. The first-order valence-corrected chi connectivity index (χ1v) is 9.73. The highest BCUT2D eigenvalue weighted by Crippen LogP contribution is 2.41. The van der Waals surface area contributed by atoms with E-state index in [1.165, 1.54) is 24.5 Å². The van der Waals surface area contributed by atoms with Crippen LogP contribution < -0.4 is 5.43 Å². The zero-order valence-electron chi connectivity index (χ0n) is 16.5. The Labute approximate surface area is 180 Å². The predicted molar refractivity (Wildman–Crippen MR) is 118 cm³/mol. The number of aliphatic carboxylic acids is 1. The van der Waals surface area contributed by atoms with E-state index >= 15 is 0 Å². The minimum Gasteiger partial charge on any atom is -0.508 e. The van der Waals surface area contributed by atoms with E-state index in [-0.39, 0.29) is 40.0 Å². The van der Waals surface area contributed by atoms with Crippen molar-refractivity contribution in [3.63, 3.8) is 0 Å². The van der Waals surface area contributed by atoms with Crippen LogP contribution in [-0.4, -0.2) is 21.3 Å². The number of phenols is 2. The first-order valence-electron chi connectivity index (χ1n) is 9.73. The number of phenolic OH excluding ortho intramolecular Hbond substituents is 2.